The molecule has 1 heterocycles. The van der Waals surface area contributed by atoms with Crippen molar-refractivity contribution < 1.29 is 47.5 Å². The third-order valence-corrected chi connectivity index (χ3v) is 11.7. The van der Waals surface area contributed by atoms with Crippen LogP contribution < -0.4 is 10.6 Å². The first-order chi connectivity index (χ1) is 26.1. The monoisotopic (exact) mass is 811 g/mol. The predicted molar refractivity (Wildman–Crippen MR) is 215 cm³/mol. The van der Waals surface area contributed by atoms with Crippen LogP contribution in [0, 0.1) is 23.7 Å². The minimum atomic E-state index is -4.91. The molecule has 2 rings (SSSR count). The van der Waals surface area contributed by atoms with Crippen LogP contribution in [0.2, 0.25) is 0 Å². The number of ether oxygens (including phenoxy) is 2. The molecule has 1 aromatic carbocycles. The van der Waals surface area contributed by atoms with Crippen molar-refractivity contribution in [2.75, 3.05) is 41.9 Å². The molecule has 0 aromatic heterocycles. The van der Waals surface area contributed by atoms with Gasteiger partial charge in [0, 0.05) is 27.8 Å². The summed E-state index contributed by atoms with van der Waals surface area (Å²) in [7, 11) is 3.50. The zero-order chi connectivity index (χ0) is 42.7. The van der Waals surface area contributed by atoms with Crippen molar-refractivity contribution >= 4 is 31.5 Å². The number of likely N-dealkylation sites (tertiary alicyclic amines) is 1. The van der Waals surface area contributed by atoms with Crippen LogP contribution in [0.5, 0.6) is 0 Å². The van der Waals surface area contributed by atoms with Crippen LogP contribution in [-0.4, -0.2) is 132 Å². The van der Waals surface area contributed by atoms with E-state index in [9.17, 15) is 33.5 Å². The van der Waals surface area contributed by atoms with E-state index in [2.05, 4.69) is 10.6 Å². The van der Waals surface area contributed by atoms with Crippen molar-refractivity contribution in [2.45, 2.75) is 130 Å². The Kier molecular flexibility index (Phi) is 19.6. The standard InChI is InChI=1S/C40H70N5O10P/c1-14-26(6)35(44(11)40(49)33(24(2)3)42-39(48)34(25(4)5)43(9)10)31(53-12)23-32(46)45-22-18-21-30(45)36(54-13)27(7)38(47)41-28(8)37(55-56(50,51)52)29-19-16-15-17-20-29/h15-17,19-20,24-28,30-31,33-37H,14,18,21-23H2,1-13H3,(H,41,47)(H,42,48)(H2,50,51,52)/t26-,27+,28+,30-,31+,33-,34-,35-,36+,37+/m0/s1. The number of carbonyl (C=O) groups excluding carboxylic acids is 4. The Morgan fingerprint density at radius 2 is 1.52 bits per heavy atom. The van der Waals surface area contributed by atoms with E-state index in [1.54, 1.807) is 61.0 Å². The zero-order valence-corrected chi connectivity index (χ0v) is 36.7. The average Bonchev–Trinajstić information content (AvgIpc) is 3.61. The maximum Gasteiger partial charge on any atom is 0.470 e. The largest absolute Gasteiger partial charge is 0.470 e. The quantitative estimate of drug-likeness (QED) is 0.124. The number of carbonyl (C=O) groups is 4. The summed E-state index contributed by atoms with van der Waals surface area (Å²) >= 11 is 0. The fourth-order valence-electron chi connectivity index (χ4n) is 8.07. The number of methoxy groups -OCH3 is 2. The van der Waals surface area contributed by atoms with Gasteiger partial charge in [-0.25, -0.2) is 4.57 Å². The molecule has 0 spiro atoms. The lowest BCUT2D eigenvalue weighted by Crippen LogP contribution is -2.59. The highest BCUT2D eigenvalue weighted by Gasteiger charge is 2.43. The number of hydrogen-bond donors (Lipinski definition) is 4. The van der Waals surface area contributed by atoms with Crippen LogP contribution in [0.3, 0.4) is 0 Å². The molecule has 10 atom stereocenters. The van der Waals surface area contributed by atoms with Crippen molar-refractivity contribution in [1.29, 1.82) is 0 Å². The Bertz CT molecular complexity index is 1450. The molecule has 0 bridgehead atoms. The molecule has 0 radical (unpaired) electrons. The fraction of sp³-hybridized carbons (Fsp3) is 0.750. The summed E-state index contributed by atoms with van der Waals surface area (Å²) < 4.78 is 28.9. The summed E-state index contributed by atoms with van der Waals surface area (Å²) in [5.74, 6) is -2.10. The van der Waals surface area contributed by atoms with E-state index in [4.69, 9.17) is 14.0 Å². The highest BCUT2D eigenvalue weighted by Crippen LogP contribution is 2.43. The van der Waals surface area contributed by atoms with Gasteiger partial charge >= 0.3 is 7.82 Å². The van der Waals surface area contributed by atoms with E-state index in [1.807, 2.05) is 60.5 Å². The highest BCUT2D eigenvalue weighted by molar-refractivity contribution is 7.46. The number of nitrogens with one attached hydrogen (secondary N) is 2. The Morgan fingerprint density at radius 3 is 2.00 bits per heavy atom. The summed E-state index contributed by atoms with van der Waals surface area (Å²) in [5, 5.41) is 5.87. The summed E-state index contributed by atoms with van der Waals surface area (Å²) in [6, 6.07) is 5.53. The summed E-state index contributed by atoms with van der Waals surface area (Å²) in [4.78, 5) is 80.0. The molecule has 15 nitrogen and oxygen atoms in total. The number of nitrogens with zero attached hydrogens (tertiary/aromatic N) is 3. The van der Waals surface area contributed by atoms with Crippen molar-refractivity contribution in [2.24, 2.45) is 23.7 Å². The molecule has 1 saturated heterocycles. The van der Waals surface area contributed by atoms with Crippen molar-refractivity contribution in [1.82, 2.24) is 25.3 Å². The van der Waals surface area contributed by atoms with Gasteiger partial charge in [-0.05, 0) is 57.2 Å². The van der Waals surface area contributed by atoms with Gasteiger partial charge in [0.2, 0.25) is 23.6 Å². The minimum Gasteiger partial charge on any atom is -0.379 e. The molecular weight excluding hydrogens is 741 g/mol. The van der Waals surface area contributed by atoms with E-state index >= 15 is 0 Å². The topological polar surface area (TPSA) is 187 Å². The minimum absolute atomic E-state index is 0.0255. The van der Waals surface area contributed by atoms with Gasteiger partial charge in [-0.3, -0.25) is 28.6 Å². The van der Waals surface area contributed by atoms with Gasteiger partial charge in [-0.15, -0.1) is 0 Å². The summed E-state index contributed by atoms with van der Waals surface area (Å²) in [6.07, 6.45) is -0.536. The molecule has 1 aliphatic rings. The zero-order valence-electron chi connectivity index (χ0n) is 35.8. The Labute approximate surface area is 334 Å². The van der Waals surface area contributed by atoms with E-state index < -0.39 is 68.2 Å². The molecule has 0 unspecified atom stereocenters. The third kappa shape index (κ3) is 13.3. The molecule has 1 fully saturated rings. The van der Waals surface area contributed by atoms with Gasteiger partial charge in [0.25, 0.3) is 0 Å². The van der Waals surface area contributed by atoms with Gasteiger partial charge < -0.3 is 39.7 Å². The third-order valence-electron chi connectivity index (χ3n) is 11.1. The van der Waals surface area contributed by atoms with Gasteiger partial charge in [0.1, 0.15) is 12.1 Å². The maximum absolute atomic E-state index is 14.2. The molecule has 1 aromatic rings. The molecule has 16 heteroatoms. The molecule has 1 aliphatic heterocycles. The second-order valence-electron chi connectivity index (χ2n) is 16.2. The first-order valence-corrected chi connectivity index (χ1v) is 21.3. The first-order valence-electron chi connectivity index (χ1n) is 19.8. The Hall–Kier alpha value is -2.91. The van der Waals surface area contributed by atoms with Gasteiger partial charge in [-0.2, -0.15) is 0 Å². The summed E-state index contributed by atoms with van der Waals surface area (Å²) in [6.45, 7) is 15.5. The number of rotatable bonds is 22. The van der Waals surface area contributed by atoms with Crippen molar-refractivity contribution in [3.05, 3.63) is 35.9 Å². The number of amides is 4. The van der Waals surface area contributed by atoms with Crippen molar-refractivity contribution in [3.8, 4) is 0 Å². The molecule has 0 saturated carbocycles. The number of benzene rings is 1. The van der Waals surface area contributed by atoms with E-state index in [0.29, 0.717) is 31.4 Å². The molecule has 56 heavy (non-hydrogen) atoms. The van der Waals surface area contributed by atoms with Crippen LogP contribution in [0.25, 0.3) is 0 Å². The van der Waals surface area contributed by atoms with Crippen LogP contribution in [0.1, 0.15) is 92.7 Å². The SMILES string of the molecule is CC[C@H](C)[C@@H]([C@@H](CC(=O)N1CCC[C@H]1[C@H](OC)[C@@H](C)C(=O)N[C@H](C)[C@@H](OP(=O)(O)O)c1ccccc1)OC)N(C)C(=O)[C@@H](NC(=O)[C@H](C(C)C)N(C)C)C(C)C. The lowest BCUT2D eigenvalue weighted by Gasteiger charge is -2.41. The second kappa shape index (κ2) is 22.3. The number of phosphoric acid groups is 1. The van der Waals surface area contributed by atoms with Gasteiger partial charge in [-0.1, -0.05) is 85.2 Å². The van der Waals surface area contributed by atoms with Crippen LogP contribution in [-0.2, 0) is 37.7 Å². The maximum atomic E-state index is 14.2. The van der Waals surface area contributed by atoms with E-state index in [1.165, 1.54) is 14.2 Å². The Morgan fingerprint density at radius 1 is 0.911 bits per heavy atom. The fourth-order valence-corrected chi connectivity index (χ4v) is 8.67. The number of hydrogen-bond acceptors (Lipinski definition) is 9. The van der Waals surface area contributed by atoms with E-state index in [0.717, 1.165) is 0 Å². The predicted octanol–water partition coefficient (Wildman–Crippen LogP) is 3.99. The highest BCUT2D eigenvalue weighted by atomic mass is 31.2. The van der Waals surface area contributed by atoms with Crippen LogP contribution in [0.15, 0.2) is 30.3 Å². The van der Waals surface area contributed by atoms with Gasteiger partial charge in [0.15, 0.2) is 0 Å². The molecule has 4 N–H and O–H groups in total. The lowest BCUT2D eigenvalue weighted by molar-refractivity contribution is -0.148. The summed E-state index contributed by atoms with van der Waals surface area (Å²) in [5.41, 5.74) is 0.483. The second-order valence-corrected chi connectivity index (χ2v) is 17.4. The van der Waals surface area contributed by atoms with Gasteiger partial charge in [0.05, 0.1) is 48.7 Å². The molecule has 320 valence electrons. The van der Waals surface area contributed by atoms with Crippen LogP contribution in [0.4, 0.5) is 0 Å². The Balaban J connectivity index is 2.30. The smallest absolute Gasteiger partial charge is 0.379 e. The van der Waals surface area contributed by atoms with Crippen molar-refractivity contribution in [3.63, 3.8) is 0 Å². The van der Waals surface area contributed by atoms with Crippen LogP contribution >= 0.6 is 7.82 Å². The van der Waals surface area contributed by atoms with E-state index in [-0.39, 0.29) is 41.9 Å². The number of likely N-dealkylation sites (N-methyl/N-ethyl adjacent to an activating group) is 2. The molecule has 4 amide bonds. The molecule has 0 aliphatic carbocycles. The average molecular weight is 812 g/mol. The lowest BCUT2D eigenvalue weighted by atomic mass is 9.89. The normalized spacial score (nSPS) is 19.8. The molecular formula is C40H70N5O10P. The first kappa shape index (κ1) is 49.2. The number of phosphoric ester groups is 1.